The smallest absolute Gasteiger partial charge is 0.269 e. The van der Waals surface area contributed by atoms with E-state index in [1.54, 1.807) is 36.8 Å². The van der Waals surface area contributed by atoms with E-state index in [0.29, 0.717) is 5.13 Å². The van der Waals surface area contributed by atoms with Crippen molar-refractivity contribution in [2.24, 2.45) is 4.99 Å². The van der Waals surface area contributed by atoms with E-state index in [0.717, 1.165) is 35.4 Å². The van der Waals surface area contributed by atoms with Gasteiger partial charge in [0.25, 0.3) is 5.69 Å². The van der Waals surface area contributed by atoms with E-state index in [4.69, 9.17) is 4.74 Å². The number of nitro benzene ring substituents is 1. The van der Waals surface area contributed by atoms with Gasteiger partial charge in [0.1, 0.15) is 5.75 Å². The van der Waals surface area contributed by atoms with Crippen molar-refractivity contribution in [3.63, 3.8) is 0 Å². The molecule has 0 saturated heterocycles. The number of aliphatic imine (C=N–C) groups is 1. The van der Waals surface area contributed by atoms with E-state index >= 15 is 0 Å². The average Bonchev–Trinajstić information content (AvgIpc) is 3.10. The summed E-state index contributed by atoms with van der Waals surface area (Å²) >= 11 is 1.58. The van der Waals surface area contributed by atoms with Crippen LogP contribution in [0.25, 0.3) is 11.3 Å². The summed E-state index contributed by atoms with van der Waals surface area (Å²) in [6.45, 7) is 0. The third-order valence-electron chi connectivity index (χ3n) is 4.31. The molecule has 0 unspecified atom stereocenters. The number of rotatable bonds is 4. The number of nitro groups is 1. The highest BCUT2D eigenvalue weighted by Gasteiger charge is 2.21. The number of nitrogens with zero attached hydrogens (tertiary/aromatic N) is 3. The number of hydrogen-bond acceptors (Lipinski definition) is 6. The Kier molecular flexibility index (Phi) is 4.22. The van der Waals surface area contributed by atoms with E-state index in [1.807, 2.05) is 12.1 Å². The molecule has 0 bridgehead atoms. The minimum absolute atomic E-state index is 0.0671. The molecule has 0 N–H and O–H groups in total. The van der Waals surface area contributed by atoms with Crippen LogP contribution in [0.2, 0.25) is 0 Å². The van der Waals surface area contributed by atoms with Crippen LogP contribution in [0.4, 0.5) is 10.8 Å². The van der Waals surface area contributed by atoms with Gasteiger partial charge in [-0.05, 0) is 48.2 Å². The molecule has 4 rings (SSSR count). The second kappa shape index (κ2) is 6.68. The Hall–Kier alpha value is -3.06. The highest BCUT2D eigenvalue weighted by Crippen LogP contribution is 2.40. The van der Waals surface area contributed by atoms with Gasteiger partial charge in [0, 0.05) is 28.8 Å². The van der Waals surface area contributed by atoms with Gasteiger partial charge >= 0.3 is 0 Å². The second-order valence-corrected chi connectivity index (χ2v) is 6.96. The zero-order valence-corrected chi connectivity index (χ0v) is 14.8. The molecule has 130 valence electrons. The molecule has 6 nitrogen and oxygen atoms in total. The minimum Gasteiger partial charge on any atom is -0.497 e. The predicted octanol–water partition coefficient (Wildman–Crippen LogP) is 4.58. The summed E-state index contributed by atoms with van der Waals surface area (Å²) in [6.07, 6.45) is 3.62. The van der Waals surface area contributed by atoms with E-state index in [9.17, 15) is 10.1 Å². The van der Waals surface area contributed by atoms with Gasteiger partial charge in [-0.1, -0.05) is 17.4 Å². The first-order valence-corrected chi connectivity index (χ1v) is 8.91. The molecule has 0 spiro atoms. The number of non-ortho nitro benzene ring substituents is 1. The summed E-state index contributed by atoms with van der Waals surface area (Å²) in [5.41, 5.74) is 4.22. The maximum Gasteiger partial charge on any atom is 0.269 e. The highest BCUT2D eigenvalue weighted by molar-refractivity contribution is 7.15. The number of hydrogen-bond donors (Lipinski definition) is 0. The molecule has 26 heavy (non-hydrogen) atoms. The van der Waals surface area contributed by atoms with Gasteiger partial charge in [0.15, 0.2) is 0 Å². The number of methoxy groups -OCH3 is 1. The van der Waals surface area contributed by atoms with Crippen molar-refractivity contribution in [3.8, 4) is 17.0 Å². The van der Waals surface area contributed by atoms with E-state index in [2.05, 4.69) is 16.0 Å². The number of thiazole rings is 1. The fourth-order valence-corrected chi connectivity index (χ4v) is 3.87. The number of benzene rings is 2. The Bertz CT molecular complexity index is 1010. The molecular formula is C19H15N3O3S. The molecule has 1 heterocycles. The lowest BCUT2D eigenvalue weighted by molar-refractivity contribution is -0.384. The summed E-state index contributed by atoms with van der Waals surface area (Å²) in [4.78, 5) is 20.7. The topological polar surface area (TPSA) is 77.6 Å². The molecule has 3 aromatic rings. The molecule has 1 aromatic heterocycles. The standard InChI is InChI=1S/C19H15N3O3S/c1-25-15-8-4-13-5-9-17-18(16(13)10-15)21-19(26-17)20-11-12-2-6-14(7-3-12)22(23)24/h2-4,6-8,10-11H,5,9H2,1H3. The van der Waals surface area contributed by atoms with Crippen molar-refractivity contribution in [2.75, 3.05) is 7.11 Å². The largest absolute Gasteiger partial charge is 0.497 e. The number of fused-ring (bicyclic) bond motifs is 3. The van der Waals surface area contributed by atoms with Gasteiger partial charge in [-0.15, -0.1) is 0 Å². The summed E-state index contributed by atoms with van der Waals surface area (Å²) in [6, 6.07) is 12.4. The van der Waals surface area contributed by atoms with Gasteiger partial charge in [-0.2, -0.15) is 0 Å². The maximum absolute atomic E-state index is 10.7. The Morgan fingerprint density at radius 3 is 2.77 bits per heavy atom. The summed E-state index contributed by atoms with van der Waals surface area (Å²) in [5.74, 6) is 0.820. The highest BCUT2D eigenvalue weighted by atomic mass is 32.1. The Morgan fingerprint density at radius 2 is 2.04 bits per heavy atom. The van der Waals surface area contributed by atoms with Crippen LogP contribution in [0.15, 0.2) is 47.5 Å². The van der Waals surface area contributed by atoms with Crippen LogP contribution in [-0.2, 0) is 12.8 Å². The molecule has 0 fully saturated rings. The molecule has 7 heteroatoms. The molecule has 2 aromatic carbocycles. The molecule has 0 atom stereocenters. The van der Waals surface area contributed by atoms with Gasteiger partial charge in [-0.3, -0.25) is 10.1 Å². The number of aryl methyl sites for hydroxylation is 2. The van der Waals surface area contributed by atoms with Crippen LogP contribution >= 0.6 is 11.3 Å². The third-order valence-corrected chi connectivity index (χ3v) is 5.33. The molecule has 0 saturated carbocycles. The first kappa shape index (κ1) is 16.4. The lowest BCUT2D eigenvalue weighted by Crippen LogP contribution is -2.02. The quantitative estimate of drug-likeness (QED) is 0.385. The minimum atomic E-state index is -0.415. The predicted molar refractivity (Wildman–Crippen MR) is 102 cm³/mol. The van der Waals surface area contributed by atoms with Crippen LogP contribution in [0.3, 0.4) is 0 Å². The zero-order chi connectivity index (χ0) is 18.1. The van der Waals surface area contributed by atoms with Crippen LogP contribution in [-0.4, -0.2) is 23.2 Å². The lowest BCUT2D eigenvalue weighted by Gasteiger charge is -2.15. The van der Waals surface area contributed by atoms with Crippen molar-refractivity contribution in [1.29, 1.82) is 0 Å². The summed E-state index contributed by atoms with van der Waals surface area (Å²) in [7, 11) is 1.66. The van der Waals surface area contributed by atoms with Crippen molar-refractivity contribution in [1.82, 2.24) is 4.98 Å². The summed E-state index contributed by atoms with van der Waals surface area (Å²) in [5, 5.41) is 11.4. The molecule has 0 amide bonds. The molecule has 0 aliphatic heterocycles. The third kappa shape index (κ3) is 3.09. The van der Waals surface area contributed by atoms with Gasteiger partial charge in [0.05, 0.1) is 17.7 Å². The van der Waals surface area contributed by atoms with Crippen molar-refractivity contribution < 1.29 is 9.66 Å². The zero-order valence-electron chi connectivity index (χ0n) is 14.0. The fraction of sp³-hybridized carbons (Fsp3) is 0.158. The van der Waals surface area contributed by atoms with Gasteiger partial charge < -0.3 is 4.74 Å². The van der Waals surface area contributed by atoms with E-state index in [-0.39, 0.29) is 5.69 Å². The van der Waals surface area contributed by atoms with E-state index < -0.39 is 4.92 Å². The normalized spacial score (nSPS) is 12.7. The van der Waals surface area contributed by atoms with Gasteiger partial charge in [0.2, 0.25) is 5.13 Å². The number of aromatic nitrogens is 1. The Labute approximate surface area is 154 Å². The molecular weight excluding hydrogens is 350 g/mol. The first-order chi connectivity index (χ1) is 12.6. The Balaban J connectivity index is 1.62. The SMILES string of the molecule is COc1ccc2c(c1)-c1nc(N=Cc3ccc([N+](=O)[O-])cc3)sc1CC2. The fourth-order valence-electron chi connectivity index (χ4n) is 2.96. The van der Waals surface area contributed by atoms with Gasteiger partial charge in [-0.25, -0.2) is 9.98 Å². The number of ether oxygens (including phenoxy) is 1. The molecule has 0 radical (unpaired) electrons. The average molecular weight is 365 g/mol. The van der Waals surface area contributed by atoms with Crippen molar-refractivity contribution >= 4 is 28.4 Å². The Morgan fingerprint density at radius 1 is 1.23 bits per heavy atom. The van der Waals surface area contributed by atoms with Crippen LogP contribution < -0.4 is 4.74 Å². The van der Waals surface area contributed by atoms with Crippen molar-refractivity contribution in [2.45, 2.75) is 12.8 Å². The second-order valence-electron chi connectivity index (χ2n) is 5.90. The molecule has 1 aliphatic carbocycles. The van der Waals surface area contributed by atoms with Crippen LogP contribution in [0, 0.1) is 10.1 Å². The van der Waals surface area contributed by atoms with Crippen LogP contribution in [0.5, 0.6) is 5.75 Å². The first-order valence-electron chi connectivity index (χ1n) is 8.09. The molecule has 1 aliphatic rings. The monoisotopic (exact) mass is 365 g/mol. The lowest BCUT2D eigenvalue weighted by atomic mass is 9.93. The summed E-state index contributed by atoms with van der Waals surface area (Å²) < 4.78 is 5.33. The van der Waals surface area contributed by atoms with Crippen LogP contribution in [0.1, 0.15) is 16.0 Å². The maximum atomic E-state index is 10.7. The van der Waals surface area contributed by atoms with E-state index in [1.165, 1.54) is 22.6 Å². The van der Waals surface area contributed by atoms with Crippen molar-refractivity contribution in [3.05, 3.63) is 68.6 Å².